The van der Waals surface area contributed by atoms with Crippen molar-refractivity contribution >= 4 is 9.04 Å². The van der Waals surface area contributed by atoms with Gasteiger partial charge in [0.1, 0.15) is 0 Å². The minimum atomic E-state index is -0.894. The van der Waals surface area contributed by atoms with Crippen molar-refractivity contribution in [3.05, 3.63) is 11.8 Å². The van der Waals surface area contributed by atoms with E-state index >= 15 is 0 Å². The van der Waals surface area contributed by atoms with Gasteiger partial charge in [-0.3, -0.25) is 0 Å². The minimum absolute atomic E-state index is 0. The van der Waals surface area contributed by atoms with Crippen molar-refractivity contribution in [2.45, 2.75) is 25.8 Å². The third-order valence-corrected chi connectivity index (χ3v) is 4.40. The molecule has 0 amide bonds. The first kappa shape index (κ1) is 11.6. The van der Waals surface area contributed by atoms with E-state index in [1.807, 2.05) is 0 Å². The van der Waals surface area contributed by atoms with E-state index < -0.39 is 9.04 Å². The molecule has 3 heteroatoms. The smallest absolute Gasteiger partial charge is 1.00 e. The summed E-state index contributed by atoms with van der Waals surface area (Å²) in [6.07, 6.45) is 2.63. The molecule has 1 heterocycles. The SMILES string of the molecule is C=C(C)[SiH]1CCCCO1.[H-].[K+]. The van der Waals surface area contributed by atoms with Gasteiger partial charge >= 0.3 is 51.4 Å². The van der Waals surface area contributed by atoms with Gasteiger partial charge < -0.3 is 5.85 Å². The molecule has 0 aromatic heterocycles. The fraction of sp³-hybridized carbons (Fsp3) is 0.714. The Labute approximate surface area is 109 Å². The van der Waals surface area contributed by atoms with Crippen LogP contribution in [0.15, 0.2) is 11.8 Å². The van der Waals surface area contributed by atoms with E-state index in [4.69, 9.17) is 4.43 Å². The number of hydrogen-bond acceptors (Lipinski definition) is 1. The Hall–Kier alpha value is 1.55. The second-order valence-corrected chi connectivity index (χ2v) is 5.58. The third-order valence-electron chi connectivity index (χ3n) is 1.73. The number of hydrogen-bond donors (Lipinski definition) is 0. The van der Waals surface area contributed by atoms with Crippen LogP contribution in [0.5, 0.6) is 0 Å². The van der Waals surface area contributed by atoms with Crippen molar-refractivity contribution in [1.82, 2.24) is 0 Å². The minimum Gasteiger partial charge on any atom is -1.00 e. The van der Waals surface area contributed by atoms with Gasteiger partial charge in [-0.15, -0.1) is 6.58 Å². The third kappa shape index (κ3) is 3.80. The van der Waals surface area contributed by atoms with Crippen LogP contribution in [-0.4, -0.2) is 15.6 Å². The molecule has 0 N–H and O–H groups in total. The summed E-state index contributed by atoms with van der Waals surface area (Å²) >= 11 is 0. The summed E-state index contributed by atoms with van der Waals surface area (Å²) in [7, 11) is -0.894. The first-order valence-electron chi connectivity index (χ1n) is 3.57. The zero-order valence-corrected chi connectivity index (χ0v) is 11.3. The molecule has 1 aliphatic rings. The van der Waals surface area contributed by atoms with Gasteiger partial charge in [0.15, 0.2) is 0 Å². The summed E-state index contributed by atoms with van der Waals surface area (Å²) < 4.78 is 5.58. The Morgan fingerprint density at radius 2 is 2.30 bits per heavy atom. The maximum Gasteiger partial charge on any atom is 1.00 e. The predicted octanol–water partition coefficient (Wildman–Crippen LogP) is -1.25. The Kier molecular flexibility index (Phi) is 7.06. The van der Waals surface area contributed by atoms with Gasteiger partial charge in [-0.05, 0) is 19.4 Å². The Balaban J connectivity index is 0. The van der Waals surface area contributed by atoms with Crippen LogP contribution in [-0.2, 0) is 4.43 Å². The first-order chi connectivity index (χ1) is 4.30. The van der Waals surface area contributed by atoms with Gasteiger partial charge in [-0.2, -0.15) is 0 Å². The zero-order chi connectivity index (χ0) is 6.69. The van der Waals surface area contributed by atoms with Gasteiger partial charge in [-0.1, -0.05) is 11.6 Å². The maximum absolute atomic E-state index is 5.58. The van der Waals surface area contributed by atoms with Crippen LogP contribution >= 0.6 is 0 Å². The Morgan fingerprint density at radius 1 is 1.60 bits per heavy atom. The summed E-state index contributed by atoms with van der Waals surface area (Å²) in [5.41, 5.74) is 0. The Morgan fingerprint density at radius 3 is 2.60 bits per heavy atom. The predicted molar refractivity (Wildman–Crippen MR) is 43.1 cm³/mol. The van der Waals surface area contributed by atoms with E-state index in [0.29, 0.717) is 0 Å². The molecule has 1 rings (SSSR count). The van der Waals surface area contributed by atoms with Gasteiger partial charge in [0, 0.05) is 6.61 Å². The van der Waals surface area contributed by atoms with Crippen LogP contribution in [0.4, 0.5) is 0 Å². The van der Waals surface area contributed by atoms with Crippen molar-refractivity contribution in [3.63, 3.8) is 0 Å². The molecule has 54 valence electrons. The number of allylic oxidation sites excluding steroid dienone is 1. The van der Waals surface area contributed by atoms with E-state index in [9.17, 15) is 0 Å². The largest absolute Gasteiger partial charge is 1.00 e. The standard InChI is InChI=1S/C7H14OSi.K.H/c1-7(2)9-6-4-3-5-8-9;;/h9H,1,3-6H2,2H3;;/q;+1;-1. The van der Waals surface area contributed by atoms with Gasteiger partial charge in [0.05, 0.1) is 0 Å². The van der Waals surface area contributed by atoms with Crippen molar-refractivity contribution in [1.29, 1.82) is 0 Å². The van der Waals surface area contributed by atoms with E-state index in [2.05, 4.69) is 13.5 Å². The molecule has 0 aliphatic carbocycles. The zero-order valence-electron chi connectivity index (χ0n) is 8.02. The molecule has 10 heavy (non-hydrogen) atoms. The molecule has 1 aliphatic heterocycles. The summed E-state index contributed by atoms with van der Waals surface area (Å²) in [5, 5.41) is 1.31. The summed E-state index contributed by atoms with van der Waals surface area (Å²) in [5.74, 6) is 0. The molecule has 0 aromatic rings. The van der Waals surface area contributed by atoms with Crippen LogP contribution in [0.25, 0.3) is 0 Å². The van der Waals surface area contributed by atoms with Gasteiger partial charge in [0.25, 0.3) is 0 Å². The van der Waals surface area contributed by atoms with Crippen LogP contribution < -0.4 is 51.4 Å². The molecule has 0 radical (unpaired) electrons. The molecule has 0 spiro atoms. The van der Waals surface area contributed by atoms with Crippen molar-refractivity contribution in [3.8, 4) is 0 Å². The maximum atomic E-state index is 5.58. The van der Waals surface area contributed by atoms with Crippen LogP contribution in [0.1, 0.15) is 21.2 Å². The van der Waals surface area contributed by atoms with Crippen molar-refractivity contribution in [2.75, 3.05) is 6.61 Å². The molecule has 1 atom stereocenters. The monoisotopic (exact) mass is 182 g/mol. The molecule has 1 nitrogen and oxygen atoms in total. The molecule has 1 unspecified atom stereocenters. The van der Waals surface area contributed by atoms with Gasteiger partial charge in [-0.25, -0.2) is 0 Å². The quantitative estimate of drug-likeness (QED) is 0.461. The van der Waals surface area contributed by atoms with E-state index in [-0.39, 0.29) is 52.8 Å². The number of rotatable bonds is 1. The first-order valence-corrected chi connectivity index (χ1v) is 5.44. The molecule has 0 aromatic carbocycles. The molecule has 1 saturated heterocycles. The molecular formula is C7H15KOSi. The van der Waals surface area contributed by atoms with Crippen molar-refractivity contribution in [2.24, 2.45) is 0 Å². The summed E-state index contributed by atoms with van der Waals surface area (Å²) in [4.78, 5) is 0. The fourth-order valence-electron chi connectivity index (χ4n) is 1.13. The molecular weight excluding hydrogens is 167 g/mol. The second-order valence-electron chi connectivity index (χ2n) is 2.70. The molecule has 0 saturated carbocycles. The molecule has 0 bridgehead atoms. The Bertz CT molecular complexity index is 115. The van der Waals surface area contributed by atoms with Crippen molar-refractivity contribution < 1.29 is 57.2 Å². The second kappa shape index (κ2) is 6.11. The summed E-state index contributed by atoms with van der Waals surface area (Å²) in [6, 6.07) is 1.31. The van der Waals surface area contributed by atoms with Crippen LogP contribution in [0, 0.1) is 0 Å². The average Bonchev–Trinajstić information content (AvgIpc) is 1.90. The van der Waals surface area contributed by atoms with Crippen LogP contribution in [0.2, 0.25) is 6.04 Å². The van der Waals surface area contributed by atoms with E-state index in [1.54, 1.807) is 0 Å². The van der Waals surface area contributed by atoms with Crippen LogP contribution in [0.3, 0.4) is 0 Å². The normalized spacial score (nSPS) is 25.1. The van der Waals surface area contributed by atoms with Gasteiger partial charge in [0.2, 0.25) is 9.04 Å². The van der Waals surface area contributed by atoms with E-state index in [1.165, 1.54) is 24.1 Å². The molecule has 1 fully saturated rings. The summed E-state index contributed by atoms with van der Waals surface area (Å²) in [6.45, 7) is 7.00. The fourth-order valence-corrected chi connectivity index (χ4v) is 3.18. The topological polar surface area (TPSA) is 9.23 Å². The van der Waals surface area contributed by atoms with E-state index in [0.717, 1.165) is 6.61 Å². The average molecular weight is 182 g/mol.